The number of rotatable bonds is 8. The molecule has 0 N–H and O–H groups in total. The predicted octanol–water partition coefficient (Wildman–Crippen LogP) is 1.65. The van der Waals surface area contributed by atoms with E-state index in [-0.39, 0.29) is 56.3 Å². The Labute approximate surface area is 182 Å². The Hall–Kier alpha value is 0.246. The second-order valence-corrected chi connectivity index (χ2v) is 7.19. The minimum Gasteiger partial charge on any atom is -0.744 e. The summed E-state index contributed by atoms with van der Waals surface area (Å²) in [6, 6.07) is 10.6. The summed E-state index contributed by atoms with van der Waals surface area (Å²) >= 11 is 0. The normalized spacial score (nSPS) is 11.4. The van der Waals surface area contributed by atoms with E-state index >= 15 is 0 Å². The molecule has 0 aliphatic heterocycles. The molecule has 0 unspecified atom stereocenters. The van der Waals surface area contributed by atoms with Crippen LogP contribution in [0.5, 0.6) is 0 Å². The van der Waals surface area contributed by atoms with Crippen LogP contribution in [0.3, 0.4) is 0 Å². The van der Waals surface area contributed by atoms with Gasteiger partial charge in [0.2, 0.25) is 0 Å². The minimum atomic E-state index is -4.39. The SMILES string of the molecule is CCCCCCCCc1ccc2ccc(S(=O)(=O)[O-])cc2c1.[K+]. The van der Waals surface area contributed by atoms with E-state index in [0.717, 1.165) is 23.6 Å². The average Bonchev–Trinajstić information content (AvgIpc) is 2.49. The minimum absolute atomic E-state index is 0. The van der Waals surface area contributed by atoms with Gasteiger partial charge in [0.25, 0.3) is 0 Å². The zero-order chi connectivity index (χ0) is 16.0. The van der Waals surface area contributed by atoms with E-state index in [0.29, 0.717) is 0 Å². The van der Waals surface area contributed by atoms with Gasteiger partial charge in [-0.3, -0.25) is 0 Å². The molecule has 23 heavy (non-hydrogen) atoms. The Balaban J connectivity index is 0.00000264. The predicted molar refractivity (Wildman–Crippen MR) is 89.0 cm³/mol. The Morgan fingerprint density at radius 1 is 0.870 bits per heavy atom. The fourth-order valence-electron chi connectivity index (χ4n) is 2.69. The monoisotopic (exact) mass is 358 g/mol. The molecule has 0 amide bonds. The first kappa shape index (κ1) is 21.3. The summed E-state index contributed by atoms with van der Waals surface area (Å²) in [7, 11) is -4.39. The first-order valence-corrected chi connectivity index (χ1v) is 9.40. The summed E-state index contributed by atoms with van der Waals surface area (Å²) < 4.78 is 33.3. The van der Waals surface area contributed by atoms with Crippen LogP contribution in [0, 0.1) is 0 Å². The van der Waals surface area contributed by atoms with Gasteiger partial charge >= 0.3 is 51.4 Å². The summed E-state index contributed by atoms with van der Waals surface area (Å²) in [5.41, 5.74) is 1.20. The average molecular weight is 359 g/mol. The van der Waals surface area contributed by atoms with Gasteiger partial charge in [0.1, 0.15) is 10.1 Å². The molecule has 0 atom stereocenters. The Morgan fingerprint density at radius 3 is 2.22 bits per heavy atom. The van der Waals surface area contributed by atoms with Crippen molar-refractivity contribution in [3.63, 3.8) is 0 Å². The van der Waals surface area contributed by atoms with E-state index in [4.69, 9.17) is 0 Å². The molecule has 0 aliphatic rings. The zero-order valence-electron chi connectivity index (χ0n) is 14.0. The van der Waals surface area contributed by atoms with Gasteiger partial charge in [0, 0.05) is 0 Å². The van der Waals surface area contributed by atoms with Crippen molar-refractivity contribution in [1.29, 1.82) is 0 Å². The third kappa shape index (κ3) is 6.94. The van der Waals surface area contributed by atoms with Gasteiger partial charge in [-0.25, -0.2) is 8.42 Å². The standard InChI is InChI=1S/C18H24O3S.K/c1-2-3-4-5-6-7-8-15-9-10-16-11-12-18(22(19,20)21)14-17(16)13-15;/h9-14H,2-8H2,1H3,(H,19,20,21);/q;+1/p-1. The topological polar surface area (TPSA) is 57.2 Å². The van der Waals surface area contributed by atoms with Crippen molar-refractivity contribution < 1.29 is 64.4 Å². The van der Waals surface area contributed by atoms with E-state index in [1.165, 1.54) is 49.8 Å². The zero-order valence-corrected chi connectivity index (χ0v) is 18.0. The molecule has 0 aliphatic carbocycles. The Morgan fingerprint density at radius 2 is 1.52 bits per heavy atom. The third-order valence-electron chi connectivity index (χ3n) is 3.98. The van der Waals surface area contributed by atoms with Crippen LogP contribution < -0.4 is 51.4 Å². The first-order valence-electron chi connectivity index (χ1n) is 7.99. The quantitative estimate of drug-likeness (QED) is 0.410. The van der Waals surface area contributed by atoms with Crippen molar-refractivity contribution in [3.8, 4) is 0 Å². The molecule has 5 heteroatoms. The molecule has 0 radical (unpaired) electrons. The van der Waals surface area contributed by atoms with Gasteiger partial charge in [-0.15, -0.1) is 0 Å². The molecule has 0 fully saturated rings. The van der Waals surface area contributed by atoms with E-state index < -0.39 is 10.1 Å². The van der Waals surface area contributed by atoms with Crippen molar-refractivity contribution in [1.82, 2.24) is 0 Å². The van der Waals surface area contributed by atoms with Crippen LogP contribution in [0.1, 0.15) is 51.0 Å². The molecule has 2 aromatic rings. The largest absolute Gasteiger partial charge is 1.00 e. The smallest absolute Gasteiger partial charge is 0.744 e. The number of unbranched alkanes of at least 4 members (excludes halogenated alkanes) is 5. The van der Waals surface area contributed by atoms with Crippen LogP contribution in [0.4, 0.5) is 0 Å². The molecule has 2 aromatic carbocycles. The second kappa shape index (κ2) is 10.3. The van der Waals surface area contributed by atoms with Crippen molar-refractivity contribution in [2.75, 3.05) is 0 Å². The summed E-state index contributed by atoms with van der Waals surface area (Å²) in [5, 5.41) is 1.78. The Bertz CT molecular complexity index is 726. The van der Waals surface area contributed by atoms with Crippen LogP contribution in [-0.4, -0.2) is 13.0 Å². The molecule has 0 aromatic heterocycles. The third-order valence-corrected chi connectivity index (χ3v) is 4.82. The van der Waals surface area contributed by atoms with Crippen molar-refractivity contribution in [2.45, 2.75) is 56.8 Å². The molecular formula is C18H23KO3S. The van der Waals surface area contributed by atoms with Gasteiger partial charge < -0.3 is 4.55 Å². The molecule has 2 rings (SSSR count). The summed E-state index contributed by atoms with van der Waals surface area (Å²) in [5.74, 6) is 0. The molecule has 0 heterocycles. The van der Waals surface area contributed by atoms with Gasteiger partial charge in [-0.1, -0.05) is 63.3 Å². The molecule has 3 nitrogen and oxygen atoms in total. The molecule has 0 saturated heterocycles. The van der Waals surface area contributed by atoms with Crippen molar-refractivity contribution in [2.24, 2.45) is 0 Å². The second-order valence-electron chi connectivity index (χ2n) is 5.82. The number of benzene rings is 2. The number of fused-ring (bicyclic) bond motifs is 1. The van der Waals surface area contributed by atoms with Crippen LogP contribution >= 0.6 is 0 Å². The molecule has 0 spiro atoms. The van der Waals surface area contributed by atoms with Gasteiger partial charge in [-0.2, -0.15) is 0 Å². The first-order chi connectivity index (χ1) is 10.5. The molecule has 0 bridgehead atoms. The van der Waals surface area contributed by atoms with Gasteiger partial charge in [0.05, 0.1) is 4.90 Å². The van der Waals surface area contributed by atoms with Crippen LogP contribution in [-0.2, 0) is 16.5 Å². The maximum Gasteiger partial charge on any atom is 1.00 e. The fraction of sp³-hybridized carbons (Fsp3) is 0.444. The molecule has 120 valence electrons. The summed E-state index contributed by atoms with van der Waals surface area (Å²) in [4.78, 5) is -0.156. The maximum atomic E-state index is 11.1. The number of hydrogen-bond acceptors (Lipinski definition) is 3. The van der Waals surface area contributed by atoms with Crippen LogP contribution in [0.15, 0.2) is 41.3 Å². The van der Waals surface area contributed by atoms with E-state index in [1.807, 2.05) is 12.1 Å². The van der Waals surface area contributed by atoms with Crippen molar-refractivity contribution >= 4 is 20.9 Å². The van der Waals surface area contributed by atoms with E-state index in [1.54, 1.807) is 6.07 Å². The fourth-order valence-corrected chi connectivity index (χ4v) is 3.20. The summed E-state index contributed by atoms with van der Waals surface area (Å²) in [6.07, 6.45) is 8.52. The van der Waals surface area contributed by atoms with Crippen LogP contribution in [0.25, 0.3) is 10.8 Å². The number of hydrogen-bond donors (Lipinski definition) is 0. The van der Waals surface area contributed by atoms with Crippen molar-refractivity contribution in [3.05, 3.63) is 42.0 Å². The molecular weight excluding hydrogens is 335 g/mol. The summed E-state index contributed by atoms with van der Waals surface area (Å²) in [6.45, 7) is 2.21. The molecule has 0 saturated carbocycles. The van der Waals surface area contributed by atoms with Gasteiger partial charge in [-0.05, 0) is 41.3 Å². The van der Waals surface area contributed by atoms with E-state index in [2.05, 4.69) is 13.0 Å². The van der Waals surface area contributed by atoms with Crippen LogP contribution in [0.2, 0.25) is 0 Å². The maximum absolute atomic E-state index is 11.1. The van der Waals surface area contributed by atoms with E-state index in [9.17, 15) is 13.0 Å². The Kier molecular flexibility index (Phi) is 9.52. The van der Waals surface area contributed by atoms with Gasteiger partial charge in [0.15, 0.2) is 0 Å². The number of aryl methyl sites for hydroxylation is 1.